The lowest BCUT2D eigenvalue weighted by molar-refractivity contribution is -0.113. The molecule has 0 unspecified atom stereocenters. The molecule has 0 atom stereocenters. The molecule has 0 bridgehead atoms. The maximum atomic E-state index is 12.7. The fraction of sp³-hybridized carbons (Fsp3) is 0.0800. The summed E-state index contributed by atoms with van der Waals surface area (Å²) < 4.78 is 0. The van der Waals surface area contributed by atoms with Crippen LogP contribution in [0.5, 0.6) is 0 Å². The Morgan fingerprint density at radius 2 is 1.53 bits per heavy atom. The minimum Gasteiger partial charge on any atom is -0.325 e. The van der Waals surface area contributed by atoms with Crippen molar-refractivity contribution in [3.05, 3.63) is 100 Å². The van der Waals surface area contributed by atoms with Crippen LogP contribution in [0.4, 0.5) is 11.4 Å². The van der Waals surface area contributed by atoms with Crippen LogP contribution in [-0.4, -0.2) is 32.7 Å². The molecule has 0 radical (unpaired) electrons. The molecule has 0 fully saturated rings. The number of aryl methyl sites for hydroxylation is 1. The molecule has 0 saturated carbocycles. The first-order valence-electron chi connectivity index (χ1n) is 10.4. The lowest BCUT2D eigenvalue weighted by Crippen LogP contribution is -2.18. The van der Waals surface area contributed by atoms with Gasteiger partial charge >= 0.3 is 0 Å². The molecule has 0 spiro atoms. The number of aromatic amines is 1. The number of anilines is 2. The molecule has 1 heterocycles. The van der Waals surface area contributed by atoms with Gasteiger partial charge < -0.3 is 10.6 Å². The predicted octanol–water partition coefficient (Wildman–Crippen LogP) is 4.12. The first kappa shape index (κ1) is 22.9. The summed E-state index contributed by atoms with van der Waals surface area (Å²) in [5, 5.41) is 14.0. The zero-order valence-corrected chi connectivity index (χ0v) is 19.1. The summed E-state index contributed by atoms with van der Waals surface area (Å²) in [6.45, 7) is 1.91. The van der Waals surface area contributed by atoms with E-state index in [0.717, 1.165) is 23.0 Å². The number of benzene rings is 3. The second kappa shape index (κ2) is 10.6. The Morgan fingerprint density at radius 1 is 0.853 bits per heavy atom. The fourth-order valence-corrected chi connectivity index (χ4v) is 3.78. The van der Waals surface area contributed by atoms with Crippen LogP contribution in [-0.2, 0) is 4.79 Å². The number of carbonyl (C=O) groups is 2. The van der Waals surface area contributed by atoms with Crippen LogP contribution < -0.4 is 16.2 Å². The monoisotopic (exact) mass is 471 g/mol. The summed E-state index contributed by atoms with van der Waals surface area (Å²) in [5.74, 6) is -0.466. The van der Waals surface area contributed by atoms with Crippen LogP contribution in [0.15, 0.2) is 88.8 Å². The molecule has 3 N–H and O–H groups in total. The van der Waals surface area contributed by atoms with E-state index in [0.29, 0.717) is 16.8 Å². The third-order valence-corrected chi connectivity index (χ3v) is 5.77. The summed E-state index contributed by atoms with van der Waals surface area (Å²) >= 11 is 1.07. The Hall–Kier alpha value is -4.24. The quantitative estimate of drug-likeness (QED) is 0.349. The highest BCUT2D eigenvalue weighted by Crippen LogP contribution is 2.24. The third kappa shape index (κ3) is 5.57. The van der Waals surface area contributed by atoms with Gasteiger partial charge in [-0.1, -0.05) is 66.4 Å². The molecule has 8 nitrogen and oxygen atoms in total. The van der Waals surface area contributed by atoms with E-state index in [1.807, 2.05) is 37.3 Å². The summed E-state index contributed by atoms with van der Waals surface area (Å²) in [6.07, 6.45) is 0. The Morgan fingerprint density at radius 3 is 2.26 bits per heavy atom. The van der Waals surface area contributed by atoms with Gasteiger partial charge in [0.25, 0.3) is 11.5 Å². The van der Waals surface area contributed by atoms with Gasteiger partial charge in [-0.05, 0) is 36.8 Å². The minimum atomic E-state index is -0.474. The number of nitrogens with zero attached hydrogens (tertiary/aromatic N) is 2. The Balaban J connectivity index is 1.46. The molecule has 4 rings (SSSR count). The van der Waals surface area contributed by atoms with Gasteiger partial charge in [0.15, 0.2) is 10.9 Å². The molecular weight excluding hydrogens is 450 g/mol. The Bertz CT molecular complexity index is 1390. The van der Waals surface area contributed by atoms with Crippen LogP contribution in [0.25, 0.3) is 11.3 Å². The van der Waals surface area contributed by atoms with Gasteiger partial charge in [-0.15, -0.1) is 10.2 Å². The molecule has 34 heavy (non-hydrogen) atoms. The van der Waals surface area contributed by atoms with Crippen molar-refractivity contribution in [1.29, 1.82) is 0 Å². The number of rotatable bonds is 7. The number of hydrogen-bond acceptors (Lipinski definition) is 6. The number of nitrogens with one attached hydrogen (secondary N) is 3. The predicted molar refractivity (Wildman–Crippen MR) is 133 cm³/mol. The SMILES string of the molecule is Cc1ccccc1NC(=O)CSc1nnc(-c2ccccc2NC(=O)c2ccccc2)c(=O)[nH]1. The third-order valence-electron chi connectivity index (χ3n) is 4.90. The van der Waals surface area contributed by atoms with E-state index in [2.05, 4.69) is 25.8 Å². The van der Waals surface area contributed by atoms with Gasteiger partial charge in [0.05, 0.1) is 11.4 Å². The van der Waals surface area contributed by atoms with E-state index in [4.69, 9.17) is 0 Å². The Kier molecular flexibility index (Phi) is 7.14. The lowest BCUT2D eigenvalue weighted by atomic mass is 10.1. The van der Waals surface area contributed by atoms with E-state index in [9.17, 15) is 14.4 Å². The summed E-state index contributed by atoms with van der Waals surface area (Å²) in [6, 6.07) is 23.1. The first-order valence-corrected chi connectivity index (χ1v) is 11.4. The van der Waals surface area contributed by atoms with Gasteiger partial charge in [0.1, 0.15) is 0 Å². The van der Waals surface area contributed by atoms with Crippen LogP contribution in [0, 0.1) is 6.92 Å². The highest BCUT2D eigenvalue weighted by molar-refractivity contribution is 7.99. The minimum absolute atomic E-state index is 0.0576. The number of thioether (sulfide) groups is 1. The van der Waals surface area contributed by atoms with E-state index < -0.39 is 5.56 Å². The zero-order valence-electron chi connectivity index (χ0n) is 18.2. The maximum Gasteiger partial charge on any atom is 0.278 e. The van der Waals surface area contributed by atoms with Crippen LogP contribution in [0.1, 0.15) is 15.9 Å². The van der Waals surface area contributed by atoms with Crippen molar-refractivity contribution < 1.29 is 9.59 Å². The second-order valence-corrected chi connectivity index (χ2v) is 8.29. The van der Waals surface area contributed by atoms with Gasteiger partial charge in [-0.3, -0.25) is 19.4 Å². The molecule has 0 aliphatic carbocycles. The summed E-state index contributed by atoms with van der Waals surface area (Å²) in [4.78, 5) is 40.2. The highest BCUT2D eigenvalue weighted by atomic mass is 32.2. The number of H-pyrrole nitrogens is 1. The smallest absolute Gasteiger partial charge is 0.278 e. The van der Waals surface area contributed by atoms with Gasteiger partial charge in [0.2, 0.25) is 5.91 Å². The number of aromatic nitrogens is 3. The molecule has 170 valence electrons. The number of amides is 2. The normalized spacial score (nSPS) is 10.5. The van der Waals surface area contributed by atoms with Crippen LogP contribution >= 0.6 is 11.8 Å². The lowest BCUT2D eigenvalue weighted by Gasteiger charge is -2.10. The second-order valence-electron chi connectivity index (χ2n) is 7.33. The van der Waals surface area contributed by atoms with E-state index in [1.165, 1.54) is 0 Å². The molecule has 3 aromatic carbocycles. The maximum absolute atomic E-state index is 12.7. The standard InChI is InChI=1S/C25H21N5O3S/c1-16-9-5-7-13-19(16)26-21(31)15-34-25-28-24(33)22(29-30-25)18-12-6-8-14-20(18)27-23(32)17-10-3-2-4-11-17/h2-14H,15H2,1H3,(H,26,31)(H,27,32)(H,28,30,33). The first-order chi connectivity index (χ1) is 16.5. The zero-order chi connectivity index (χ0) is 23.9. The molecule has 4 aromatic rings. The molecule has 0 saturated heterocycles. The van der Waals surface area contributed by atoms with Crippen molar-refractivity contribution in [3.8, 4) is 11.3 Å². The van der Waals surface area contributed by atoms with Crippen molar-refractivity contribution in [1.82, 2.24) is 15.2 Å². The fourth-order valence-electron chi connectivity index (χ4n) is 3.18. The van der Waals surface area contributed by atoms with Crippen molar-refractivity contribution in [3.63, 3.8) is 0 Å². The van der Waals surface area contributed by atoms with E-state index in [1.54, 1.807) is 48.5 Å². The molecule has 0 aliphatic rings. The molecule has 1 aromatic heterocycles. The van der Waals surface area contributed by atoms with Crippen LogP contribution in [0.3, 0.4) is 0 Å². The summed E-state index contributed by atoms with van der Waals surface area (Å²) in [7, 11) is 0. The van der Waals surface area contributed by atoms with Gasteiger partial charge in [-0.25, -0.2) is 0 Å². The van der Waals surface area contributed by atoms with Crippen molar-refractivity contribution in [2.75, 3.05) is 16.4 Å². The highest BCUT2D eigenvalue weighted by Gasteiger charge is 2.15. The Labute approximate surface area is 199 Å². The summed E-state index contributed by atoms with van der Waals surface area (Å²) in [5.41, 5.74) is 2.65. The molecule has 2 amide bonds. The van der Waals surface area contributed by atoms with Gasteiger partial charge in [-0.2, -0.15) is 0 Å². The van der Waals surface area contributed by atoms with Crippen LogP contribution in [0.2, 0.25) is 0 Å². The molecular formula is C25H21N5O3S. The van der Waals surface area contributed by atoms with Gasteiger partial charge in [0, 0.05) is 16.8 Å². The topological polar surface area (TPSA) is 117 Å². The average molecular weight is 472 g/mol. The largest absolute Gasteiger partial charge is 0.325 e. The average Bonchev–Trinajstić information content (AvgIpc) is 2.85. The molecule has 0 aliphatic heterocycles. The van der Waals surface area contributed by atoms with E-state index in [-0.39, 0.29) is 28.4 Å². The van der Waals surface area contributed by atoms with E-state index >= 15 is 0 Å². The van der Waals surface area contributed by atoms with Crippen molar-refractivity contribution in [2.45, 2.75) is 12.1 Å². The van der Waals surface area contributed by atoms with Crippen molar-refractivity contribution >= 4 is 35.0 Å². The number of para-hydroxylation sites is 2. The van der Waals surface area contributed by atoms with Crippen molar-refractivity contribution in [2.24, 2.45) is 0 Å². The molecule has 9 heteroatoms. The number of carbonyl (C=O) groups excluding carboxylic acids is 2. The number of hydrogen-bond donors (Lipinski definition) is 3.